The van der Waals surface area contributed by atoms with Gasteiger partial charge in [0.2, 0.25) is 5.91 Å². The van der Waals surface area contributed by atoms with Gasteiger partial charge in [-0.15, -0.1) is 0 Å². The Morgan fingerprint density at radius 1 is 1.18 bits per heavy atom. The highest BCUT2D eigenvalue weighted by Crippen LogP contribution is 2.31. The Balaban J connectivity index is 1.49. The fourth-order valence-electron chi connectivity index (χ4n) is 3.55. The monoisotopic (exact) mass is 437 g/mol. The number of aromatic amines is 1. The Hall–Kier alpha value is -2.86. The van der Waals surface area contributed by atoms with E-state index in [2.05, 4.69) is 32.3 Å². The van der Waals surface area contributed by atoms with Gasteiger partial charge in [0.05, 0.1) is 5.52 Å². The summed E-state index contributed by atoms with van der Waals surface area (Å²) in [4.78, 5) is 29.6. The van der Waals surface area contributed by atoms with Crippen molar-refractivity contribution in [2.45, 2.75) is 13.0 Å². The number of rotatable bonds is 3. The van der Waals surface area contributed by atoms with Gasteiger partial charge >= 0.3 is 0 Å². The van der Waals surface area contributed by atoms with Crippen molar-refractivity contribution in [3.63, 3.8) is 0 Å². The normalized spacial score (nSPS) is 13.7. The molecule has 1 aliphatic rings. The zero-order valence-electron chi connectivity index (χ0n) is 15.5. The maximum Gasteiger partial charge on any atom is 0.251 e. The Kier molecular flexibility index (Phi) is 5.05. The molecule has 0 spiro atoms. The number of para-hydroxylation sites is 1. The number of nitrogens with one attached hydrogen (secondary N) is 2. The summed E-state index contributed by atoms with van der Waals surface area (Å²) >= 11 is 3.59. The van der Waals surface area contributed by atoms with Crippen molar-refractivity contribution in [1.29, 1.82) is 0 Å². The van der Waals surface area contributed by atoms with Gasteiger partial charge in [-0.3, -0.25) is 9.59 Å². The van der Waals surface area contributed by atoms with Crippen LogP contribution in [0.15, 0.2) is 53.0 Å². The molecule has 0 aliphatic carbocycles. The number of fused-ring (bicyclic) bond motifs is 3. The van der Waals surface area contributed by atoms with Gasteiger partial charge in [0.25, 0.3) is 5.91 Å². The molecule has 5 nitrogen and oxygen atoms in total. The molecule has 28 heavy (non-hydrogen) atoms. The third-order valence-electron chi connectivity index (χ3n) is 5.09. The number of hydrogen-bond acceptors (Lipinski definition) is 2. The molecule has 0 bridgehead atoms. The van der Waals surface area contributed by atoms with Crippen molar-refractivity contribution in [3.8, 4) is 0 Å². The van der Waals surface area contributed by atoms with Crippen LogP contribution in [-0.4, -0.2) is 35.3 Å². The van der Waals surface area contributed by atoms with Gasteiger partial charge in [-0.25, -0.2) is 0 Å². The van der Waals surface area contributed by atoms with E-state index in [-0.39, 0.29) is 11.8 Å². The molecule has 0 saturated carbocycles. The van der Waals surface area contributed by atoms with Crippen molar-refractivity contribution in [2.24, 2.45) is 0 Å². The second-order valence-electron chi connectivity index (χ2n) is 6.79. The van der Waals surface area contributed by atoms with Crippen LogP contribution in [0.4, 0.5) is 0 Å². The fraction of sp³-hybridized carbons (Fsp3) is 0.182. The molecule has 2 aromatic carbocycles. The molecular formula is C22H20BrN3O2. The van der Waals surface area contributed by atoms with Crippen molar-refractivity contribution in [2.75, 3.05) is 13.6 Å². The molecule has 0 atom stereocenters. The molecule has 3 aromatic rings. The molecule has 2 N–H and O–H groups in total. The number of halogens is 1. The van der Waals surface area contributed by atoms with E-state index in [1.54, 1.807) is 31.3 Å². The first-order valence-corrected chi connectivity index (χ1v) is 9.93. The number of nitrogens with zero attached hydrogens (tertiary/aromatic N) is 1. The third-order valence-corrected chi connectivity index (χ3v) is 5.75. The molecule has 2 amide bonds. The minimum Gasteiger partial charge on any atom is -0.357 e. The van der Waals surface area contributed by atoms with Gasteiger partial charge in [-0.2, -0.15) is 0 Å². The van der Waals surface area contributed by atoms with E-state index < -0.39 is 0 Å². The van der Waals surface area contributed by atoms with E-state index >= 15 is 0 Å². The van der Waals surface area contributed by atoms with E-state index in [0.29, 0.717) is 18.7 Å². The van der Waals surface area contributed by atoms with Gasteiger partial charge in [0.1, 0.15) is 0 Å². The lowest BCUT2D eigenvalue weighted by Crippen LogP contribution is -2.34. The minimum absolute atomic E-state index is 0.00891. The fourth-order valence-corrected chi connectivity index (χ4v) is 4.02. The molecular weight excluding hydrogens is 418 g/mol. The summed E-state index contributed by atoms with van der Waals surface area (Å²) in [5.41, 5.74) is 4.97. The summed E-state index contributed by atoms with van der Waals surface area (Å²) < 4.78 is 1.04. The molecule has 0 saturated heterocycles. The van der Waals surface area contributed by atoms with Crippen molar-refractivity contribution in [3.05, 3.63) is 75.4 Å². The highest BCUT2D eigenvalue weighted by atomic mass is 79.9. The molecule has 6 heteroatoms. The first-order chi connectivity index (χ1) is 13.6. The van der Waals surface area contributed by atoms with Crippen molar-refractivity contribution in [1.82, 2.24) is 15.2 Å². The summed E-state index contributed by atoms with van der Waals surface area (Å²) in [6, 6.07) is 13.3. The van der Waals surface area contributed by atoms with Gasteiger partial charge < -0.3 is 15.2 Å². The first-order valence-electron chi connectivity index (χ1n) is 9.14. The molecule has 0 unspecified atom stereocenters. The number of hydrogen-bond donors (Lipinski definition) is 2. The quantitative estimate of drug-likeness (QED) is 0.610. The van der Waals surface area contributed by atoms with Crippen molar-refractivity contribution >= 4 is 44.7 Å². The Morgan fingerprint density at radius 3 is 2.71 bits per heavy atom. The Labute approximate surface area is 171 Å². The molecule has 4 rings (SSSR count). The number of carbonyl (C=O) groups is 2. The van der Waals surface area contributed by atoms with Gasteiger partial charge in [0, 0.05) is 59.3 Å². The number of benzene rings is 2. The number of H-pyrrole nitrogens is 1. The number of aromatic nitrogens is 1. The Morgan fingerprint density at radius 2 is 1.96 bits per heavy atom. The maximum absolute atomic E-state index is 12.7. The lowest BCUT2D eigenvalue weighted by atomic mass is 10.0. The zero-order valence-corrected chi connectivity index (χ0v) is 17.0. The lowest BCUT2D eigenvalue weighted by molar-refractivity contribution is -0.126. The maximum atomic E-state index is 12.7. The van der Waals surface area contributed by atoms with Gasteiger partial charge in [-0.1, -0.05) is 24.3 Å². The highest BCUT2D eigenvalue weighted by molar-refractivity contribution is 9.10. The average Bonchev–Trinajstić information content (AvgIpc) is 3.11. The van der Waals surface area contributed by atoms with Crippen molar-refractivity contribution < 1.29 is 9.59 Å². The van der Waals surface area contributed by atoms with Crippen LogP contribution in [0.1, 0.15) is 27.2 Å². The SMILES string of the molecule is CNC(=O)c1ccc(C=CC(=O)N2CCc3[nH]c4c(Br)cccc4c3C2)cc1. The second kappa shape index (κ2) is 7.64. The van der Waals surface area contributed by atoms with E-state index in [0.717, 1.165) is 27.4 Å². The minimum atomic E-state index is -0.124. The van der Waals surface area contributed by atoms with Crippen LogP contribution in [0.25, 0.3) is 17.0 Å². The van der Waals surface area contributed by atoms with E-state index in [9.17, 15) is 9.59 Å². The summed E-state index contributed by atoms with van der Waals surface area (Å²) in [7, 11) is 1.60. The van der Waals surface area contributed by atoms with Crippen LogP contribution in [0.5, 0.6) is 0 Å². The molecule has 2 heterocycles. The highest BCUT2D eigenvalue weighted by Gasteiger charge is 2.23. The molecule has 1 aromatic heterocycles. The van der Waals surface area contributed by atoms with E-state index in [1.165, 1.54) is 11.3 Å². The number of carbonyl (C=O) groups excluding carboxylic acids is 2. The van der Waals surface area contributed by atoms with Gasteiger partial charge in [0.15, 0.2) is 0 Å². The predicted molar refractivity (Wildman–Crippen MR) is 114 cm³/mol. The summed E-state index contributed by atoms with van der Waals surface area (Å²) in [5, 5.41) is 3.76. The van der Waals surface area contributed by atoms with Crippen LogP contribution in [-0.2, 0) is 17.8 Å². The van der Waals surface area contributed by atoms with E-state index in [4.69, 9.17) is 0 Å². The smallest absolute Gasteiger partial charge is 0.251 e. The predicted octanol–water partition coefficient (Wildman–Crippen LogP) is 3.89. The van der Waals surface area contributed by atoms with Crippen LogP contribution in [0.2, 0.25) is 0 Å². The van der Waals surface area contributed by atoms with E-state index in [1.807, 2.05) is 29.2 Å². The lowest BCUT2D eigenvalue weighted by Gasteiger charge is -2.26. The zero-order chi connectivity index (χ0) is 19.7. The molecule has 142 valence electrons. The van der Waals surface area contributed by atoms with Crippen LogP contribution in [0.3, 0.4) is 0 Å². The largest absolute Gasteiger partial charge is 0.357 e. The van der Waals surface area contributed by atoms with Gasteiger partial charge in [-0.05, 0) is 45.8 Å². The Bertz CT molecular complexity index is 1080. The summed E-state index contributed by atoms with van der Waals surface area (Å²) in [6.07, 6.45) is 4.21. The second-order valence-corrected chi connectivity index (χ2v) is 7.64. The van der Waals surface area contributed by atoms with Crippen LogP contribution < -0.4 is 5.32 Å². The third kappa shape index (κ3) is 3.47. The molecule has 0 fully saturated rings. The summed E-state index contributed by atoms with van der Waals surface area (Å²) in [6.45, 7) is 1.29. The standard InChI is InChI=1S/C22H20BrN3O2/c1-24-22(28)15-8-5-14(6-9-15)7-10-20(27)26-12-11-19-17(13-26)16-3-2-4-18(23)21(16)25-19/h2-10,25H,11-13H2,1H3,(H,24,28). The topological polar surface area (TPSA) is 65.2 Å². The first kappa shape index (κ1) is 18.5. The average molecular weight is 438 g/mol. The number of amides is 2. The molecule has 1 aliphatic heterocycles. The van der Waals surface area contributed by atoms with Crippen LogP contribution in [0, 0.1) is 0 Å². The molecule has 0 radical (unpaired) electrons. The summed E-state index contributed by atoms with van der Waals surface area (Å²) in [5.74, 6) is -0.133. The van der Waals surface area contributed by atoms with Crippen LogP contribution >= 0.6 is 15.9 Å².